The Hall–Kier alpha value is -1.63. The number of pyridine rings is 1. The largest absolute Gasteiger partial charge is 0.293 e. The molecule has 0 aromatic carbocycles. The number of halogens is 2. The summed E-state index contributed by atoms with van der Waals surface area (Å²) in [5.41, 5.74) is 1.34. The van der Waals surface area contributed by atoms with E-state index in [4.69, 9.17) is 0 Å². The molecule has 0 saturated carbocycles. The van der Waals surface area contributed by atoms with Crippen LogP contribution in [0, 0.1) is 10.1 Å². The van der Waals surface area contributed by atoms with E-state index < -0.39 is 11.3 Å². The molecule has 0 radical (unpaired) electrons. The minimum atomic E-state index is -2.39. The van der Waals surface area contributed by atoms with Gasteiger partial charge in [-0.1, -0.05) is 0 Å². The van der Waals surface area contributed by atoms with E-state index >= 15 is 0 Å². The highest BCUT2D eigenvalue weighted by Crippen LogP contribution is 2.21. The van der Waals surface area contributed by atoms with Crippen molar-refractivity contribution in [2.24, 2.45) is 0 Å². The van der Waals surface area contributed by atoms with Gasteiger partial charge in [-0.05, 0) is 5.56 Å². The number of aromatic nitrogens is 1. The Kier molecular flexibility index (Phi) is 3.28. The van der Waals surface area contributed by atoms with Gasteiger partial charge in [0, 0.05) is 31.3 Å². The highest BCUT2D eigenvalue weighted by molar-refractivity contribution is 5.35. The van der Waals surface area contributed by atoms with Crippen LogP contribution in [0.15, 0.2) is 12.3 Å². The maximum Gasteiger partial charge on any atom is 0.287 e. The topological polar surface area (TPSA) is 59.3 Å². The summed E-state index contributed by atoms with van der Waals surface area (Å²) in [6.45, 7) is 0.513. The lowest BCUT2D eigenvalue weighted by atomic mass is 10.1. The summed E-state index contributed by atoms with van der Waals surface area (Å²) in [6.07, 6.45) is -0.620. The first-order chi connectivity index (χ1) is 8.06. The molecule has 0 bridgehead atoms. The predicted octanol–water partition coefficient (Wildman–Crippen LogP) is 1.61. The summed E-state index contributed by atoms with van der Waals surface area (Å²) in [6, 6.07) is 1.42. The molecule has 2 rings (SSSR count). The zero-order valence-electron chi connectivity index (χ0n) is 8.97. The third-order valence-corrected chi connectivity index (χ3v) is 2.71. The Morgan fingerprint density at radius 2 is 2.35 bits per heavy atom. The highest BCUT2D eigenvalue weighted by atomic mass is 19.3. The van der Waals surface area contributed by atoms with Crippen molar-refractivity contribution in [3.63, 3.8) is 0 Å². The Bertz CT molecular complexity index is 440. The molecule has 0 N–H and O–H groups in total. The van der Waals surface area contributed by atoms with Crippen molar-refractivity contribution in [3.8, 4) is 0 Å². The number of hydrogen-bond acceptors (Lipinski definition) is 4. The fraction of sp³-hybridized carbons (Fsp3) is 0.500. The molecule has 17 heavy (non-hydrogen) atoms. The molecule has 0 atom stereocenters. The van der Waals surface area contributed by atoms with Gasteiger partial charge in [0.05, 0.1) is 11.5 Å². The van der Waals surface area contributed by atoms with Gasteiger partial charge in [0.15, 0.2) is 0 Å². The molecular formula is C10H11F2N3O2. The maximum absolute atomic E-state index is 12.2. The Morgan fingerprint density at radius 3 is 3.00 bits per heavy atom. The summed E-state index contributed by atoms with van der Waals surface area (Å²) in [5, 5.41) is 10.6. The first-order valence-electron chi connectivity index (χ1n) is 5.19. The second kappa shape index (κ2) is 4.70. The number of rotatable bonds is 3. The second-order valence-corrected chi connectivity index (χ2v) is 3.93. The molecule has 5 nitrogen and oxygen atoms in total. The quantitative estimate of drug-likeness (QED) is 0.597. The lowest BCUT2D eigenvalue weighted by molar-refractivity contribution is -0.385. The lowest BCUT2D eigenvalue weighted by Crippen LogP contribution is -2.34. The van der Waals surface area contributed by atoms with Crippen molar-refractivity contribution < 1.29 is 13.7 Å². The van der Waals surface area contributed by atoms with Crippen LogP contribution >= 0.6 is 0 Å². The lowest BCUT2D eigenvalue weighted by Gasteiger charge is -2.27. The fourth-order valence-electron chi connectivity index (χ4n) is 1.92. The molecule has 1 aliphatic heterocycles. The summed E-state index contributed by atoms with van der Waals surface area (Å²) >= 11 is 0. The van der Waals surface area contributed by atoms with E-state index in [1.54, 1.807) is 4.90 Å². The van der Waals surface area contributed by atoms with Crippen LogP contribution in [0.1, 0.15) is 11.3 Å². The fourth-order valence-corrected chi connectivity index (χ4v) is 1.92. The number of hydrogen-bond donors (Lipinski definition) is 0. The average molecular weight is 243 g/mol. The van der Waals surface area contributed by atoms with Crippen LogP contribution in [0.5, 0.6) is 0 Å². The van der Waals surface area contributed by atoms with Crippen LogP contribution in [0.2, 0.25) is 0 Å². The van der Waals surface area contributed by atoms with Gasteiger partial charge in [-0.25, -0.2) is 8.78 Å². The zero-order valence-corrected chi connectivity index (χ0v) is 8.97. The zero-order chi connectivity index (χ0) is 12.4. The standard InChI is InChI=1S/C10H11F2N3O2/c11-10(12)6-14-2-1-9-7(5-14)3-8(4-13-9)15(16)17/h3-4,10H,1-2,5-6H2. The number of fused-ring (bicyclic) bond motifs is 1. The Labute approximate surface area is 96.2 Å². The van der Waals surface area contributed by atoms with Crippen LogP contribution in [0.3, 0.4) is 0 Å². The second-order valence-electron chi connectivity index (χ2n) is 3.93. The molecule has 0 spiro atoms. The molecule has 2 heterocycles. The van der Waals surface area contributed by atoms with Gasteiger partial charge >= 0.3 is 0 Å². The van der Waals surface area contributed by atoms with Crippen molar-refractivity contribution in [3.05, 3.63) is 33.6 Å². The summed E-state index contributed by atoms with van der Waals surface area (Å²) in [4.78, 5) is 15.6. The predicted molar refractivity (Wildman–Crippen MR) is 55.9 cm³/mol. The molecule has 0 amide bonds. The average Bonchev–Trinajstić information content (AvgIpc) is 2.27. The first-order valence-corrected chi connectivity index (χ1v) is 5.19. The third kappa shape index (κ3) is 2.73. The van der Waals surface area contributed by atoms with Gasteiger partial charge in [0.1, 0.15) is 6.20 Å². The molecule has 0 unspecified atom stereocenters. The SMILES string of the molecule is O=[N+]([O-])c1cnc2c(c1)CN(CC(F)F)CC2. The van der Waals surface area contributed by atoms with E-state index in [1.807, 2.05) is 0 Å². The smallest absolute Gasteiger partial charge is 0.287 e. The van der Waals surface area contributed by atoms with Crippen molar-refractivity contribution in [2.45, 2.75) is 19.4 Å². The van der Waals surface area contributed by atoms with Crippen LogP contribution in [-0.4, -0.2) is 34.3 Å². The van der Waals surface area contributed by atoms with E-state index in [0.717, 1.165) is 5.69 Å². The van der Waals surface area contributed by atoms with Crippen molar-refractivity contribution in [1.82, 2.24) is 9.88 Å². The van der Waals surface area contributed by atoms with E-state index in [-0.39, 0.29) is 12.2 Å². The molecule has 92 valence electrons. The van der Waals surface area contributed by atoms with Crippen LogP contribution in [0.25, 0.3) is 0 Å². The van der Waals surface area contributed by atoms with Crippen LogP contribution < -0.4 is 0 Å². The summed E-state index contributed by atoms with van der Waals surface area (Å²) in [5.74, 6) is 0. The Morgan fingerprint density at radius 1 is 1.59 bits per heavy atom. The first kappa shape index (κ1) is 11.8. The third-order valence-electron chi connectivity index (χ3n) is 2.71. The van der Waals surface area contributed by atoms with Crippen LogP contribution in [0.4, 0.5) is 14.5 Å². The van der Waals surface area contributed by atoms with Gasteiger partial charge in [0.2, 0.25) is 0 Å². The maximum atomic E-state index is 12.2. The Balaban J connectivity index is 2.17. The molecule has 0 aliphatic carbocycles. The van der Waals surface area contributed by atoms with Gasteiger partial charge < -0.3 is 0 Å². The van der Waals surface area contributed by atoms with Gasteiger partial charge in [-0.2, -0.15) is 0 Å². The van der Waals surface area contributed by atoms with Gasteiger partial charge in [0.25, 0.3) is 12.1 Å². The molecule has 7 heteroatoms. The number of nitrogens with zero attached hydrogens (tertiary/aromatic N) is 3. The van der Waals surface area contributed by atoms with Gasteiger partial charge in [-0.15, -0.1) is 0 Å². The van der Waals surface area contributed by atoms with Crippen molar-refractivity contribution >= 4 is 5.69 Å². The van der Waals surface area contributed by atoms with Crippen LogP contribution in [-0.2, 0) is 13.0 Å². The minimum Gasteiger partial charge on any atom is -0.293 e. The van der Waals surface area contributed by atoms with E-state index in [9.17, 15) is 18.9 Å². The monoisotopic (exact) mass is 243 g/mol. The van der Waals surface area contributed by atoms with Crippen molar-refractivity contribution in [1.29, 1.82) is 0 Å². The number of alkyl halides is 2. The van der Waals surface area contributed by atoms with Crippen molar-refractivity contribution in [2.75, 3.05) is 13.1 Å². The molecule has 0 saturated heterocycles. The molecule has 1 aromatic rings. The molecule has 1 aromatic heterocycles. The van der Waals surface area contributed by atoms with E-state index in [2.05, 4.69) is 4.98 Å². The summed E-state index contributed by atoms with van der Waals surface area (Å²) in [7, 11) is 0. The number of nitro groups is 1. The highest BCUT2D eigenvalue weighted by Gasteiger charge is 2.22. The summed E-state index contributed by atoms with van der Waals surface area (Å²) < 4.78 is 24.5. The molecule has 0 fully saturated rings. The van der Waals surface area contributed by atoms with Gasteiger partial charge in [-0.3, -0.25) is 20.0 Å². The minimum absolute atomic E-state index is 0.0948. The molecule has 1 aliphatic rings. The van der Waals surface area contributed by atoms with E-state index in [1.165, 1.54) is 12.3 Å². The normalized spacial score (nSPS) is 15.9. The van der Waals surface area contributed by atoms with E-state index in [0.29, 0.717) is 25.1 Å². The molecular weight excluding hydrogens is 232 g/mol.